The number of hydrogen-bond acceptors (Lipinski definition) is 6. The third-order valence-electron chi connectivity index (χ3n) is 13.6. The first-order chi connectivity index (χ1) is 31.3. The molecule has 0 rings (SSSR count). The van der Waals surface area contributed by atoms with Crippen LogP contribution in [0.4, 0.5) is 0 Å². The normalized spacial score (nSPS) is 12.5. The van der Waals surface area contributed by atoms with Crippen molar-refractivity contribution < 1.29 is 28.6 Å². The lowest BCUT2D eigenvalue weighted by molar-refractivity contribution is -0.167. The summed E-state index contributed by atoms with van der Waals surface area (Å²) in [6.07, 6.45) is 53.8. The molecular weight excluding hydrogens is 793 g/mol. The fourth-order valence-electron chi connectivity index (χ4n) is 8.84. The van der Waals surface area contributed by atoms with E-state index in [9.17, 15) is 14.4 Å². The van der Waals surface area contributed by atoms with Gasteiger partial charge in [0.25, 0.3) is 0 Å². The highest BCUT2D eigenvalue weighted by atomic mass is 16.6. The average molecular weight is 906 g/mol. The molecule has 0 aromatic carbocycles. The molecule has 0 saturated heterocycles. The van der Waals surface area contributed by atoms with Gasteiger partial charge >= 0.3 is 17.9 Å². The van der Waals surface area contributed by atoms with E-state index in [4.69, 9.17) is 14.2 Å². The van der Waals surface area contributed by atoms with Crippen molar-refractivity contribution in [1.82, 2.24) is 0 Å². The quantitative estimate of drug-likeness (QED) is 0.0344. The van der Waals surface area contributed by atoms with E-state index >= 15 is 0 Å². The van der Waals surface area contributed by atoms with E-state index in [1.165, 1.54) is 212 Å². The van der Waals surface area contributed by atoms with Crippen LogP contribution in [0.25, 0.3) is 0 Å². The molecule has 0 aliphatic heterocycles. The summed E-state index contributed by atoms with van der Waals surface area (Å²) in [5.74, 6) is 0.865. The molecule has 0 fully saturated rings. The molecule has 380 valence electrons. The molecule has 6 heteroatoms. The van der Waals surface area contributed by atoms with Crippen LogP contribution in [0, 0.1) is 11.8 Å². The van der Waals surface area contributed by atoms with Crippen molar-refractivity contribution in [2.75, 3.05) is 13.2 Å². The van der Waals surface area contributed by atoms with E-state index in [2.05, 4.69) is 34.6 Å². The molecule has 0 N–H and O–H groups in total. The van der Waals surface area contributed by atoms with Crippen LogP contribution in [0.1, 0.15) is 324 Å². The number of hydrogen-bond donors (Lipinski definition) is 0. The maximum Gasteiger partial charge on any atom is 0.306 e. The lowest BCUT2D eigenvalue weighted by Gasteiger charge is -2.18. The number of carbonyl (C=O) groups is 3. The summed E-state index contributed by atoms with van der Waals surface area (Å²) in [6.45, 7) is 11.4. The Balaban J connectivity index is 4.23. The predicted octanol–water partition coefficient (Wildman–Crippen LogP) is 18.9. The first-order valence-corrected chi connectivity index (χ1v) is 28.8. The van der Waals surface area contributed by atoms with Crippen molar-refractivity contribution in [3.63, 3.8) is 0 Å². The second-order valence-electron chi connectivity index (χ2n) is 20.6. The molecule has 64 heavy (non-hydrogen) atoms. The molecule has 6 nitrogen and oxygen atoms in total. The molecule has 0 radical (unpaired) electrons. The fourth-order valence-corrected chi connectivity index (χ4v) is 8.84. The summed E-state index contributed by atoms with van der Waals surface area (Å²) in [4.78, 5) is 38.1. The highest BCUT2D eigenvalue weighted by molar-refractivity contribution is 5.71. The Morgan fingerprint density at radius 1 is 0.328 bits per heavy atom. The first-order valence-electron chi connectivity index (χ1n) is 28.8. The minimum atomic E-state index is -0.762. The van der Waals surface area contributed by atoms with Gasteiger partial charge in [-0.15, -0.1) is 0 Å². The molecule has 0 heterocycles. The second kappa shape index (κ2) is 50.8. The van der Waals surface area contributed by atoms with E-state index in [0.717, 1.165) is 69.6 Å². The van der Waals surface area contributed by atoms with Crippen LogP contribution < -0.4 is 0 Å². The Kier molecular flexibility index (Phi) is 49.6. The minimum absolute atomic E-state index is 0.0630. The highest BCUT2D eigenvalue weighted by Gasteiger charge is 2.19. The van der Waals surface area contributed by atoms with E-state index < -0.39 is 6.10 Å². The molecule has 0 saturated carbocycles. The Morgan fingerprint density at radius 3 is 0.891 bits per heavy atom. The zero-order chi connectivity index (χ0) is 46.8. The van der Waals surface area contributed by atoms with Crippen LogP contribution >= 0.6 is 0 Å². The third-order valence-corrected chi connectivity index (χ3v) is 13.6. The molecule has 0 amide bonds. The number of esters is 3. The third kappa shape index (κ3) is 49.8. The van der Waals surface area contributed by atoms with Gasteiger partial charge in [0.15, 0.2) is 6.10 Å². The second-order valence-corrected chi connectivity index (χ2v) is 20.6. The molecule has 2 atom stereocenters. The summed E-state index contributed by atoms with van der Waals surface area (Å²) in [5.41, 5.74) is 0. The minimum Gasteiger partial charge on any atom is -0.462 e. The number of rotatable bonds is 52. The van der Waals surface area contributed by atoms with Gasteiger partial charge in [0, 0.05) is 19.3 Å². The highest BCUT2D eigenvalue weighted by Crippen LogP contribution is 2.18. The Hall–Kier alpha value is -1.59. The van der Waals surface area contributed by atoms with Crippen LogP contribution in [0.3, 0.4) is 0 Å². The van der Waals surface area contributed by atoms with Crippen molar-refractivity contribution in [2.24, 2.45) is 11.8 Å². The Labute approximate surface area is 399 Å². The molecule has 0 aliphatic rings. The van der Waals surface area contributed by atoms with Crippen LogP contribution in [0.2, 0.25) is 0 Å². The predicted molar refractivity (Wildman–Crippen MR) is 275 cm³/mol. The molecule has 0 aliphatic carbocycles. The Bertz CT molecular complexity index is 980. The monoisotopic (exact) mass is 905 g/mol. The van der Waals surface area contributed by atoms with Gasteiger partial charge in [0.05, 0.1) is 0 Å². The van der Waals surface area contributed by atoms with Gasteiger partial charge in [0.2, 0.25) is 0 Å². The van der Waals surface area contributed by atoms with Gasteiger partial charge in [-0.3, -0.25) is 14.4 Å². The lowest BCUT2D eigenvalue weighted by Crippen LogP contribution is -2.30. The van der Waals surface area contributed by atoms with E-state index in [0.29, 0.717) is 19.3 Å². The average Bonchev–Trinajstić information content (AvgIpc) is 3.28. The molecule has 0 aromatic heterocycles. The van der Waals surface area contributed by atoms with Crippen molar-refractivity contribution in [3.05, 3.63) is 0 Å². The van der Waals surface area contributed by atoms with Crippen molar-refractivity contribution in [2.45, 2.75) is 330 Å². The summed E-state index contributed by atoms with van der Waals surface area (Å²) in [6, 6.07) is 0. The summed E-state index contributed by atoms with van der Waals surface area (Å²) < 4.78 is 16.9. The zero-order valence-corrected chi connectivity index (χ0v) is 43.9. The van der Waals surface area contributed by atoms with E-state index in [1.54, 1.807) is 0 Å². The van der Waals surface area contributed by atoms with Gasteiger partial charge in [-0.1, -0.05) is 285 Å². The topological polar surface area (TPSA) is 78.9 Å². The molecule has 0 bridgehead atoms. The van der Waals surface area contributed by atoms with Crippen LogP contribution in [0.15, 0.2) is 0 Å². The van der Waals surface area contributed by atoms with Crippen LogP contribution in [0.5, 0.6) is 0 Å². The molecule has 0 spiro atoms. The van der Waals surface area contributed by atoms with Crippen LogP contribution in [-0.4, -0.2) is 37.2 Å². The smallest absolute Gasteiger partial charge is 0.306 e. The fraction of sp³-hybridized carbons (Fsp3) is 0.948. The standard InChI is InChI=1S/C58H112O6/c1-6-8-9-10-11-12-13-20-25-28-35-40-45-50-58(61)64-55(52-63-57(60)49-44-39-34-30-29-32-37-42-47-54(5)7-2)51-62-56(59)48-43-38-33-27-24-22-19-17-15-14-16-18-21-23-26-31-36-41-46-53(3)4/h53-55H,6-52H2,1-5H3/t54?,55-/m0/s1. The van der Waals surface area contributed by atoms with Crippen LogP contribution in [-0.2, 0) is 28.6 Å². The molecular formula is C58H112O6. The van der Waals surface area contributed by atoms with Gasteiger partial charge < -0.3 is 14.2 Å². The number of carbonyl (C=O) groups excluding carboxylic acids is 3. The van der Waals surface area contributed by atoms with Crippen molar-refractivity contribution >= 4 is 17.9 Å². The molecule has 0 aromatic rings. The van der Waals surface area contributed by atoms with Gasteiger partial charge in [-0.05, 0) is 31.1 Å². The Morgan fingerprint density at radius 2 is 0.594 bits per heavy atom. The summed E-state index contributed by atoms with van der Waals surface area (Å²) in [5, 5.41) is 0. The van der Waals surface area contributed by atoms with Crippen molar-refractivity contribution in [3.8, 4) is 0 Å². The lowest BCUT2D eigenvalue weighted by atomic mass is 9.99. The van der Waals surface area contributed by atoms with Gasteiger partial charge in [0.1, 0.15) is 13.2 Å². The summed E-state index contributed by atoms with van der Waals surface area (Å²) >= 11 is 0. The van der Waals surface area contributed by atoms with Gasteiger partial charge in [-0.2, -0.15) is 0 Å². The van der Waals surface area contributed by atoms with E-state index in [-0.39, 0.29) is 31.1 Å². The summed E-state index contributed by atoms with van der Waals surface area (Å²) in [7, 11) is 0. The van der Waals surface area contributed by atoms with Gasteiger partial charge in [-0.25, -0.2) is 0 Å². The molecule has 1 unspecified atom stereocenters. The SMILES string of the molecule is CCCCCCCCCCCCCCCC(=O)O[C@@H](COC(=O)CCCCCCCCCCCCCCCCCCCCC(C)C)COC(=O)CCCCCCCCCCC(C)CC. The number of unbranched alkanes of at least 4 members (excludes halogenated alkanes) is 36. The van der Waals surface area contributed by atoms with E-state index in [1.807, 2.05) is 0 Å². The largest absolute Gasteiger partial charge is 0.462 e. The number of ether oxygens (including phenoxy) is 3. The maximum atomic E-state index is 12.8. The van der Waals surface area contributed by atoms with Crippen molar-refractivity contribution in [1.29, 1.82) is 0 Å². The first kappa shape index (κ1) is 62.4. The zero-order valence-electron chi connectivity index (χ0n) is 43.9. The maximum absolute atomic E-state index is 12.8.